The van der Waals surface area contributed by atoms with Gasteiger partial charge in [0.2, 0.25) is 0 Å². The summed E-state index contributed by atoms with van der Waals surface area (Å²) in [5.41, 5.74) is 5.29. The van der Waals surface area contributed by atoms with Gasteiger partial charge >= 0.3 is 12.1 Å². The van der Waals surface area contributed by atoms with Crippen molar-refractivity contribution >= 4 is 17.7 Å². The van der Waals surface area contributed by atoms with Crippen LogP contribution in [0.2, 0.25) is 0 Å². The van der Waals surface area contributed by atoms with E-state index in [4.69, 9.17) is 9.26 Å². The van der Waals surface area contributed by atoms with E-state index in [1.165, 1.54) is 0 Å². The number of hydrogen-bond acceptors (Lipinski definition) is 5. The minimum Gasteiger partial charge on any atom is -0.481 e. The first-order valence-electron chi connectivity index (χ1n) is 11.8. The van der Waals surface area contributed by atoms with Gasteiger partial charge in [-0.1, -0.05) is 78.0 Å². The second-order valence-corrected chi connectivity index (χ2v) is 9.01. The van der Waals surface area contributed by atoms with Crippen LogP contribution in [0.1, 0.15) is 42.2 Å². The minimum atomic E-state index is -0.790. The lowest BCUT2D eigenvalue weighted by molar-refractivity contribution is -0.138. The highest BCUT2D eigenvalue weighted by Crippen LogP contribution is 2.49. The number of aromatic nitrogens is 1. The van der Waals surface area contributed by atoms with E-state index < -0.39 is 18.2 Å². The maximum absolute atomic E-state index is 12.8. The molecular weight excluding hydrogens is 456 g/mol. The average Bonchev–Trinajstić information content (AvgIpc) is 3.63. The number of nitrogens with one attached hydrogen (secondary N) is 1. The van der Waals surface area contributed by atoms with Crippen LogP contribution in [-0.4, -0.2) is 22.3 Å². The van der Waals surface area contributed by atoms with Gasteiger partial charge in [-0.2, -0.15) is 0 Å². The number of carboxylic acids is 1. The topological polar surface area (TPSA) is 102 Å². The fraction of sp³-hybridized carbons (Fsp3) is 0.207. The van der Waals surface area contributed by atoms with E-state index in [1.54, 1.807) is 6.92 Å². The zero-order valence-electron chi connectivity index (χ0n) is 20.0. The quantitative estimate of drug-likeness (QED) is 0.300. The molecule has 182 valence electrons. The predicted molar refractivity (Wildman–Crippen MR) is 136 cm³/mol. The molecule has 1 saturated carbocycles. The fourth-order valence-electron chi connectivity index (χ4n) is 4.47. The number of amides is 1. The Morgan fingerprint density at radius 1 is 1.03 bits per heavy atom. The average molecular weight is 483 g/mol. The van der Waals surface area contributed by atoms with Gasteiger partial charge < -0.3 is 14.4 Å². The number of benzene rings is 3. The SMILES string of the molecule is Cc1noc(-c2cc(C3CC3C(=O)O)ccc2-c2ccccc2)c1NC(=O)O[C@H](C)c1ccccc1. The number of carbonyl (C=O) groups excluding carboxylic acids is 1. The smallest absolute Gasteiger partial charge is 0.412 e. The van der Waals surface area contributed by atoms with Gasteiger partial charge in [-0.05, 0) is 54.5 Å². The molecule has 5 rings (SSSR count). The summed E-state index contributed by atoms with van der Waals surface area (Å²) in [4.78, 5) is 24.3. The van der Waals surface area contributed by atoms with Crippen LogP contribution in [-0.2, 0) is 9.53 Å². The molecule has 3 atom stereocenters. The second kappa shape index (κ2) is 9.70. The van der Waals surface area contributed by atoms with E-state index in [0.717, 1.165) is 27.8 Å². The van der Waals surface area contributed by atoms with Crippen molar-refractivity contribution in [3.8, 4) is 22.5 Å². The van der Waals surface area contributed by atoms with Gasteiger partial charge in [0.05, 0.1) is 5.92 Å². The summed E-state index contributed by atoms with van der Waals surface area (Å²) in [7, 11) is 0. The molecule has 0 saturated heterocycles. The number of nitrogens with zero attached hydrogens (tertiary/aromatic N) is 1. The highest BCUT2D eigenvalue weighted by Gasteiger charge is 2.44. The first-order valence-corrected chi connectivity index (χ1v) is 11.8. The van der Waals surface area contributed by atoms with Crippen molar-refractivity contribution in [3.05, 3.63) is 95.7 Å². The first-order chi connectivity index (χ1) is 17.4. The molecule has 1 fully saturated rings. The maximum atomic E-state index is 12.8. The molecule has 1 aromatic heterocycles. The first kappa shape index (κ1) is 23.4. The predicted octanol–water partition coefficient (Wildman–Crippen LogP) is 6.81. The van der Waals surface area contributed by atoms with Gasteiger partial charge in [-0.3, -0.25) is 10.1 Å². The van der Waals surface area contributed by atoms with Crippen LogP contribution in [0, 0.1) is 12.8 Å². The Morgan fingerprint density at radius 2 is 1.72 bits per heavy atom. The van der Waals surface area contributed by atoms with E-state index >= 15 is 0 Å². The summed E-state index contributed by atoms with van der Waals surface area (Å²) in [6, 6.07) is 25.2. The molecule has 3 aromatic carbocycles. The number of anilines is 1. The number of ether oxygens (including phenoxy) is 1. The van der Waals surface area contributed by atoms with Crippen LogP contribution >= 0.6 is 0 Å². The van der Waals surface area contributed by atoms with Crippen LogP contribution in [0.15, 0.2) is 83.4 Å². The van der Waals surface area contributed by atoms with Crippen LogP contribution in [0.25, 0.3) is 22.5 Å². The number of aryl methyl sites for hydroxylation is 1. The van der Waals surface area contributed by atoms with Crippen molar-refractivity contribution in [2.24, 2.45) is 5.92 Å². The Kier molecular flexibility index (Phi) is 6.29. The van der Waals surface area contributed by atoms with E-state index in [2.05, 4.69) is 10.5 Å². The lowest BCUT2D eigenvalue weighted by atomic mass is 9.93. The summed E-state index contributed by atoms with van der Waals surface area (Å²) < 4.78 is 11.3. The number of hydrogen-bond donors (Lipinski definition) is 2. The van der Waals surface area contributed by atoms with Crippen molar-refractivity contribution in [2.45, 2.75) is 32.3 Å². The lowest BCUT2D eigenvalue weighted by Crippen LogP contribution is -2.16. The standard InChI is InChI=1S/C29H26N2O5/c1-17-26(30-29(34)35-18(2)19-9-5-3-6-10-19)27(36-31-17)24-15-21(23-16-25(23)28(32)33)13-14-22(24)20-11-7-4-8-12-20/h3-15,18,23,25H,16H2,1-2H3,(H,30,34)(H,32,33)/t18-,23?,25?/m1/s1. The molecule has 0 bridgehead atoms. The van der Waals surface area contributed by atoms with E-state index in [1.807, 2.05) is 85.8 Å². The number of carbonyl (C=O) groups is 2. The molecule has 7 heteroatoms. The molecule has 2 N–H and O–H groups in total. The Hall–Kier alpha value is -4.39. The molecule has 36 heavy (non-hydrogen) atoms. The summed E-state index contributed by atoms with van der Waals surface area (Å²) >= 11 is 0. The number of rotatable bonds is 7. The summed E-state index contributed by atoms with van der Waals surface area (Å²) in [5, 5.41) is 16.3. The Balaban J connectivity index is 1.49. The molecule has 1 amide bonds. The van der Waals surface area contributed by atoms with Crippen molar-refractivity contribution in [1.82, 2.24) is 5.16 Å². The molecule has 1 aliphatic carbocycles. The molecule has 0 radical (unpaired) electrons. The van der Waals surface area contributed by atoms with Crippen LogP contribution in [0.3, 0.4) is 0 Å². The second-order valence-electron chi connectivity index (χ2n) is 9.01. The van der Waals surface area contributed by atoms with E-state index in [0.29, 0.717) is 23.6 Å². The zero-order valence-corrected chi connectivity index (χ0v) is 20.0. The maximum Gasteiger partial charge on any atom is 0.412 e. The van der Waals surface area contributed by atoms with Gasteiger partial charge in [0.15, 0.2) is 5.76 Å². The van der Waals surface area contributed by atoms with Crippen molar-refractivity contribution < 1.29 is 24.0 Å². The highest BCUT2D eigenvalue weighted by atomic mass is 16.6. The normalized spacial score (nSPS) is 17.3. The third-order valence-electron chi connectivity index (χ3n) is 6.55. The largest absolute Gasteiger partial charge is 0.481 e. The summed E-state index contributed by atoms with van der Waals surface area (Å²) in [5.74, 6) is -0.834. The number of carboxylic acid groups (broad SMARTS) is 1. The van der Waals surface area contributed by atoms with Gasteiger partial charge in [-0.25, -0.2) is 4.79 Å². The Bertz CT molecular complexity index is 1400. The third-order valence-corrected chi connectivity index (χ3v) is 6.55. The molecule has 0 aliphatic heterocycles. The van der Waals surface area contributed by atoms with Crippen LogP contribution in [0.4, 0.5) is 10.5 Å². The third kappa shape index (κ3) is 4.73. The molecule has 2 unspecified atom stereocenters. The fourth-order valence-corrected chi connectivity index (χ4v) is 4.47. The monoisotopic (exact) mass is 482 g/mol. The molecule has 4 aromatic rings. The highest BCUT2D eigenvalue weighted by molar-refractivity contribution is 5.94. The minimum absolute atomic E-state index is 0.0526. The molecule has 1 aliphatic rings. The van der Waals surface area contributed by atoms with Gasteiger partial charge in [0.1, 0.15) is 17.5 Å². The Labute approximate surface area is 208 Å². The zero-order chi connectivity index (χ0) is 25.2. The van der Waals surface area contributed by atoms with Gasteiger partial charge in [0, 0.05) is 5.56 Å². The summed E-state index contributed by atoms with van der Waals surface area (Å²) in [6.07, 6.45) is -0.464. The number of aliphatic carboxylic acids is 1. The van der Waals surface area contributed by atoms with Crippen molar-refractivity contribution in [1.29, 1.82) is 0 Å². The van der Waals surface area contributed by atoms with Crippen molar-refractivity contribution in [2.75, 3.05) is 5.32 Å². The van der Waals surface area contributed by atoms with Crippen LogP contribution < -0.4 is 5.32 Å². The molecule has 0 spiro atoms. The van der Waals surface area contributed by atoms with E-state index in [9.17, 15) is 14.7 Å². The Morgan fingerprint density at radius 3 is 2.39 bits per heavy atom. The molecule has 7 nitrogen and oxygen atoms in total. The van der Waals surface area contributed by atoms with E-state index in [-0.39, 0.29) is 11.8 Å². The van der Waals surface area contributed by atoms with Crippen molar-refractivity contribution in [3.63, 3.8) is 0 Å². The van der Waals surface area contributed by atoms with Gasteiger partial charge in [-0.15, -0.1) is 0 Å². The van der Waals surface area contributed by atoms with Gasteiger partial charge in [0.25, 0.3) is 0 Å². The van der Waals surface area contributed by atoms with Crippen LogP contribution in [0.5, 0.6) is 0 Å². The summed E-state index contributed by atoms with van der Waals surface area (Å²) in [6.45, 7) is 3.55. The molecule has 1 heterocycles. The molecular formula is C29H26N2O5. The lowest BCUT2D eigenvalue weighted by Gasteiger charge is -2.15.